The molecule has 0 unspecified atom stereocenters. The van der Waals surface area contributed by atoms with Crippen molar-refractivity contribution < 1.29 is 9.72 Å². The Hall–Kier alpha value is -2.35. The predicted molar refractivity (Wildman–Crippen MR) is 108 cm³/mol. The van der Waals surface area contributed by atoms with Crippen molar-refractivity contribution in [3.63, 3.8) is 0 Å². The number of hydrogen-bond acceptors (Lipinski definition) is 5. The lowest BCUT2D eigenvalue weighted by Crippen LogP contribution is -2.46. The van der Waals surface area contributed by atoms with Crippen LogP contribution in [0.25, 0.3) is 0 Å². The Bertz CT molecular complexity index is 826. The second-order valence-electron chi connectivity index (χ2n) is 5.98. The van der Waals surface area contributed by atoms with Crippen LogP contribution in [0.15, 0.2) is 42.5 Å². The monoisotopic (exact) mass is 410 g/mol. The van der Waals surface area contributed by atoms with E-state index in [1.165, 1.54) is 6.07 Å². The molecule has 0 radical (unpaired) electrons. The molecule has 0 atom stereocenters. The standard InChI is InChI=1S/C18H19ClN4O3.ClH/c19-15-4-2-1-3-14(15)12-21-16-6-5-13(11-17(16)23(25)26)18(24)22-9-7-20-8-10-22;/h1-6,11,20-21H,7-10,12H2;1H. The van der Waals surface area contributed by atoms with Gasteiger partial charge in [0, 0.05) is 49.4 Å². The third kappa shape index (κ3) is 5.09. The largest absolute Gasteiger partial charge is 0.375 e. The van der Waals surface area contributed by atoms with Crippen LogP contribution < -0.4 is 10.6 Å². The molecule has 1 fully saturated rings. The van der Waals surface area contributed by atoms with Gasteiger partial charge in [-0.1, -0.05) is 29.8 Å². The first kappa shape index (κ1) is 21.0. The van der Waals surface area contributed by atoms with E-state index in [4.69, 9.17) is 11.6 Å². The number of benzene rings is 2. The lowest BCUT2D eigenvalue weighted by atomic mass is 10.1. The van der Waals surface area contributed by atoms with Gasteiger partial charge in [0.05, 0.1) is 4.92 Å². The molecule has 1 heterocycles. The van der Waals surface area contributed by atoms with Gasteiger partial charge in [0.1, 0.15) is 5.69 Å². The van der Waals surface area contributed by atoms with Gasteiger partial charge in [-0.15, -0.1) is 12.4 Å². The number of carbonyl (C=O) groups excluding carboxylic acids is 1. The van der Waals surface area contributed by atoms with Crippen LogP contribution in [0.5, 0.6) is 0 Å². The zero-order valence-corrected chi connectivity index (χ0v) is 16.1. The zero-order valence-electron chi connectivity index (χ0n) is 14.5. The minimum atomic E-state index is -0.483. The van der Waals surface area contributed by atoms with E-state index in [0.29, 0.717) is 35.9 Å². The second-order valence-corrected chi connectivity index (χ2v) is 6.38. The van der Waals surface area contributed by atoms with Crippen molar-refractivity contribution in [1.29, 1.82) is 0 Å². The van der Waals surface area contributed by atoms with Crippen LogP contribution in [0, 0.1) is 10.1 Å². The summed E-state index contributed by atoms with van der Waals surface area (Å²) < 4.78 is 0. The second kappa shape index (κ2) is 9.55. The maximum atomic E-state index is 12.5. The fraction of sp³-hybridized carbons (Fsp3) is 0.278. The molecule has 1 amide bonds. The van der Waals surface area contributed by atoms with E-state index in [-0.39, 0.29) is 24.0 Å². The molecule has 1 aliphatic heterocycles. The van der Waals surface area contributed by atoms with E-state index < -0.39 is 4.92 Å². The van der Waals surface area contributed by atoms with Gasteiger partial charge in [0.2, 0.25) is 0 Å². The first-order valence-corrected chi connectivity index (χ1v) is 8.70. The third-order valence-electron chi connectivity index (χ3n) is 4.27. The number of nitro benzene ring substituents is 1. The highest BCUT2D eigenvalue weighted by atomic mass is 35.5. The van der Waals surface area contributed by atoms with E-state index in [1.54, 1.807) is 23.1 Å². The van der Waals surface area contributed by atoms with Gasteiger partial charge in [-0.3, -0.25) is 14.9 Å². The quantitative estimate of drug-likeness (QED) is 0.582. The van der Waals surface area contributed by atoms with Gasteiger partial charge >= 0.3 is 0 Å². The Labute approximate surface area is 168 Å². The molecule has 2 aromatic rings. The molecule has 7 nitrogen and oxygen atoms in total. The minimum absolute atomic E-state index is 0. The van der Waals surface area contributed by atoms with Crippen LogP contribution in [-0.4, -0.2) is 41.9 Å². The average Bonchev–Trinajstić information content (AvgIpc) is 2.67. The first-order chi connectivity index (χ1) is 12.6. The molecule has 2 aromatic carbocycles. The lowest BCUT2D eigenvalue weighted by Gasteiger charge is -2.27. The van der Waals surface area contributed by atoms with Crippen LogP contribution in [0.4, 0.5) is 11.4 Å². The Kier molecular flexibility index (Phi) is 7.41. The lowest BCUT2D eigenvalue weighted by molar-refractivity contribution is -0.384. The summed E-state index contributed by atoms with van der Waals surface area (Å²) in [6, 6.07) is 11.8. The topological polar surface area (TPSA) is 87.5 Å². The maximum absolute atomic E-state index is 12.5. The fourth-order valence-electron chi connectivity index (χ4n) is 2.85. The van der Waals surface area contributed by atoms with Gasteiger partial charge in [-0.05, 0) is 23.8 Å². The summed E-state index contributed by atoms with van der Waals surface area (Å²) in [5, 5.41) is 18.3. The van der Waals surface area contributed by atoms with Gasteiger partial charge in [0.15, 0.2) is 0 Å². The van der Waals surface area contributed by atoms with Gasteiger partial charge in [-0.2, -0.15) is 0 Å². The minimum Gasteiger partial charge on any atom is -0.375 e. The average molecular weight is 411 g/mol. The number of amides is 1. The number of piperazine rings is 1. The molecule has 2 N–H and O–H groups in total. The van der Waals surface area contributed by atoms with Crippen molar-refractivity contribution in [2.45, 2.75) is 6.54 Å². The van der Waals surface area contributed by atoms with E-state index in [9.17, 15) is 14.9 Å². The van der Waals surface area contributed by atoms with Crippen LogP contribution in [0.1, 0.15) is 15.9 Å². The molecule has 3 rings (SSSR count). The Morgan fingerprint density at radius 2 is 1.93 bits per heavy atom. The Morgan fingerprint density at radius 1 is 1.22 bits per heavy atom. The highest BCUT2D eigenvalue weighted by Gasteiger charge is 2.22. The van der Waals surface area contributed by atoms with Crippen molar-refractivity contribution in [2.24, 2.45) is 0 Å². The summed E-state index contributed by atoms with van der Waals surface area (Å²) >= 11 is 6.12. The van der Waals surface area contributed by atoms with Crippen LogP contribution >= 0.6 is 24.0 Å². The molecule has 0 bridgehead atoms. The molecule has 27 heavy (non-hydrogen) atoms. The number of nitro groups is 1. The molecule has 1 saturated heterocycles. The van der Waals surface area contributed by atoms with Crippen LogP contribution in [0.2, 0.25) is 5.02 Å². The summed E-state index contributed by atoms with van der Waals surface area (Å²) in [4.78, 5) is 25.2. The molecule has 1 aliphatic rings. The normalized spacial score (nSPS) is 13.6. The molecular weight excluding hydrogens is 391 g/mol. The van der Waals surface area contributed by atoms with Crippen molar-refractivity contribution in [2.75, 3.05) is 31.5 Å². The number of hydrogen-bond donors (Lipinski definition) is 2. The van der Waals surface area contributed by atoms with E-state index >= 15 is 0 Å². The molecular formula is C18H20Cl2N4O3. The third-order valence-corrected chi connectivity index (χ3v) is 4.64. The van der Waals surface area contributed by atoms with Crippen molar-refractivity contribution in [3.05, 3.63) is 68.7 Å². The maximum Gasteiger partial charge on any atom is 0.293 e. The van der Waals surface area contributed by atoms with Crippen molar-refractivity contribution >= 4 is 41.3 Å². The summed E-state index contributed by atoms with van der Waals surface area (Å²) in [7, 11) is 0. The predicted octanol–water partition coefficient (Wildman–Crippen LogP) is 3.33. The number of nitrogens with one attached hydrogen (secondary N) is 2. The summed E-state index contributed by atoms with van der Waals surface area (Å²) in [6.45, 7) is 3.00. The van der Waals surface area contributed by atoms with E-state index in [2.05, 4.69) is 10.6 Å². The number of nitrogens with zero attached hydrogens (tertiary/aromatic N) is 2. The van der Waals surface area contributed by atoms with Gasteiger partial charge in [-0.25, -0.2) is 0 Å². The number of anilines is 1. The molecule has 0 aromatic heterocycles. The molecule has 0 saturated carbocycles. The number of carbonyl (C=O) groups is 1. The Balaban J connectivity index is 0.00000261. The summed E-state index contributed by atoms with van der Waals surface area (Å²) in [5.74, 6) is -0.188. The van der Waals surface area contributed by atoms with Crippen LogP contribution in [0.3, 0.4) is 0 Å². The van der Waals surface area contributed by atoms with Crippen molar-refractivity contribution in [3.8, 4) is 0 Å². The highest BCUT2D eigenvalue weighted by molar-refractivity contribution is 6.31. The smallest absolute Gasteiger partial charge is 0.293 e. The van der Waals surface area contributed by atoms with Gasteiger partial charge in [0.25, 0.3) is 11.6 Å². The molecule has 9 heteroatoms. The van der Waals surface area contributed by atoms with Crippen LogP contribution in [-0.2, 0) is 6.54 Å². The van der Waals surface area contributed by atoms with E-state index in [1.807, 2.05) is 18.2 Å². The first-order valence-electron chi connectivity index (χ1n) is 8.32. The molecule has 0 spiro atoms. The Morgan fingerprint density at radius 3 is 2.59 bits per heavy atom. The van der Waals surface area contributed by atoms with E-state index in [0.717, 1.165) is 18.7 Å². The molecule has 144 valence electrons. The highest BCUT2D eigenvalue weighted by Crippen LogP contribution is 2.27. The number of rotatable bonds is 5. The zero-order chi connectivity index (χ0) is 18.5. The summed E-state index contributed by atoms with van der Waals surface area (Å²) in [6.07, 6.45) is 0. The summed E-state index contributed by atoms with van der Waals surface area (Å²) in [5.41, 5.74) is 1.39. The SMILES string of the molecule is Cl.O=C(c1ccc(NCc2ccccc2Cl)c([N+](=O)[O-])c1)N1CCNCC1. The fourth-order valence-corrected chi connectivity index (χ4v) is 3.05. The number of halogens is 2. The van der Waals surface area contributed by atoms with Crippen molar-refractivity contribution in [1.82, 2.24) is 10.2 Å². The van der Waals surface area contributed by atoms with Gasteiger partial charge < -0.3 is 15.5 Å². The molecule has 0 aliphatic carbocycles.